The van der Waals surface area contributed by atoms with Gasteiger partial charge in [0.05, 0.1) is 18.3 Å². The SMILES string of the molecule is O=C(CSc1nnnn1Cc1cccs1)N1CCCC1c1ccc2c(c1)OCCO2. The van der Waals surface area contributed by atoms with Crippen molar-refractivity contribution in [1.29, 1.82) is 0 Å². The maximum Gasteiger partial charge on any atom is 0.233 e. The minimum absolute atomic E-state index is 0.0658. The van der Waals surface area contributed by atoms with Gasteiger partial charge in [-0.25, -0.2) is 4.68 Å². The predicted octanol–water partition coefficient (Wildman–Crippen LogP) is 3.01. The Morgan fingerprint density at radius 3 is 3.00 bits per heavy atom. The number of fused-ring (bicyclic) bond motifs is 1. The molecular formula is C20H21N5O3S2. The number of rotatable bonds is 6. The summed E-state index contributed by atoms with van der Waals surface area (Å²) in [5.41, 5.74) is 1.10. The van der Waals surface area contributed by atoms with Gasteiger partial charge >= 0.3 is 0 Å². The molecule has 0 saturated carbocycles. The number of tetrazole rings is 1. The molecule has 5 rings (SSSR count). The quantitative estimate of drug-likeness (QED) is 0.542. The largest absolute Gasteiger partial charge is 0.486 e. The van der Waals surface area contributed by atoms with E-state index < -0.39 is 0 Å². The van der Waals surface area contributed by atoms with Gasteiger partial charge in [0.2, 0.25) is 11.1 Å². The minimum atomic E-state index is 0.0658. The highest BCUT2D eigenvalue weighted by Crippen LogP contribution is 2.38. The van der Waals surface area contributed by atoms with Crippen LogP contribution < -0.4 is 9.47 Å². The number of hydrogen-bond donors (Lipinski definition) is 0. The van der Waals surface area contributed by atoms with E-state index in [4.69, 9.17) is 9.47 Å². The lowest BCUT2D eigenvalue weighted by Gasteiger charge is -2.26. The molecule has 30 heavy (non-hydrogen) atoms. The summed E-state index contributed by atoms with van der Waals surface area (Å²) in [6, 6.07) is 10.1. The molecule has 2 aromatic heterocycles. The monoisotopic (exact) mass is 443 g/mol. The van der Waals surface area contributed by atoms with Gasteiger partial charge in [-0.15, -0.1) is 16.4 Å². The summed E-state index contributed by atoms with van der Waals surface area (Å²) in [5, 5.41) is 14.6. The summed E-state index contributed by atoms with van der Waals surface area (Å²) in [4.78, 5) is 16.2. The molecule has 1 aromatic carbocycles. The summed E-state index contributed by atoms with van der Waals surface area (Å²) in [6.45, 7) is 2.51. The maximum atomic E-state index is 13.0. The number of nitrogens with zero attached hydrogens (tertiary/aromatic N) is 5. The summed E-state index contributed by atoms with van der Waals surface area (Å²) in [7, 11) is 0. The van der Waals surface area contributed by atoms with E-state index in [0.29, 0.717) is 30.7 Å². The molecule has 2 aliphatic heterocycles. The number of amides is 1. The fourth-order valence-electron chi connectivity index (χ4n) is 3.84. The molecule has 1 atom stereocenters. The molecule has 1 fully saturated rings. The number of likely N-dealkylation sites (tertiary alicyclic amines) is 1. The van der Waals surface area contributed by atoms with E-state index in [1.165, 1.54) is 16.6 Å². The van der Waals surface area contributed by atoms with Gasteiger partial charge < -0.3 is 14.4 Å². The molecule has 0 N–H and O–H groups in total. The third kappa shape index (κ3) is 4.01. The molecule has 0 bridgehead atoms. The van der Waals surface area contributed by atoms with Gasteiger partial charge in [-0.05, 0) is 52.4 Å². The van der Waals surface area contributed by atoms with E-state index in [2.05, 4.69) is 15.5 Å². The molecule has 0 aliphatic carbocycles. The predicted molar refractivity (Wildman–Crippen MR) is 113 cm³/mol. The molecule has 10 heteroatoms. The molecule has 0 radical (unpaired) electrons. The van der Waals surface area contributed by atoms with Gasteiger partial charge in [0.1, 0.15) is 13.2 Å². The number of carbonyl (C=O) groups excluding carboxylic acids is 1. The van der Waals surface area contributed by atoms with Crippen molar-refractivity contribution in [1.82, 2.24) is 25.1 Å². The van der Waals surface area contributed by atoms with Gasteiger partial charge in [-0.2, -0.15) is 0 Å². The molecular weight excluding hydrogens is 422 g/mol. The molecule has 8 nitrogen and oxygen atoms in total. The summed E-state index contributed by atoms with van der Waals surface area (Å²) < 4.78 is 13.1. The topological polar surface area (TPSA) is 82.4 Å². The first-order valence-corrected chi connectivity index (χ1v) is 11.7. The lowest BCUT2D eigenvalue weighted by molar-refractivity contribution is -0.129. The van der Waals surface area contributed by atoms with Gasteiger partial charge in [0, 0.05) is 11.4 Å². The Labute approximate surface area is 182 Å². The Morgan fingerprint density at radius 1 is 1.23 bits per heavy atom. The second kappa shape index (κ2) is 8.65. The number of thiophene rings is 1. The van der Waals surface area contributed by atoms with E-state index in [1.54, 1.807) is 16.0 Å². The second-order valence-corrected chi connectivity index (χ2v) is 9.11. The minimum Gasteiger partial charge on any atom is -0.486 e. The molecule has 0 spiro atoms. The van der Waals surface area contributed by atoms with Crippen LogP contribution in [0.3, 0.4) is 0 Å². The number of ether oxygens (including phenoxy) is 2. The van der Waals surface area contributed by atoms with Crippen LogP contribution in [-0.2, 0) is 11.3 Å². The lowest BCUT2D eigenvalue weighted by atomic mass is 10.0. The van der Waals surface area contributed by atoms with Crippen molar-refractivity contribution in [3.63, 3.8) is 0 Å². The van der Waals surface area contributed by atoms with Crippen LogP contribution in [0.5, 0.6) is 11.5 Å². The van der Waals surface area contributed by atoms with Crippen LogP contribution in [0, 0.1) is 0 Å². The summed E-state index contributed by atoms with van der Waals surface area (Å²) >= 11 is 3.05. The third-order valence-corrected chi connectivity index (χ3v) is 7.04. The Bertz CT molecular complexity index is 1020. The Morgan fingerprint density at radius 2 is 2.13 bits per heavy atom. The normalized spacial score (nSPS) is 18.0. The van der Waals surface area contributed by atoms with Crippen molar-refractivity contribution in [2.75, 3.05) is 25.5 Å². The fraction of sp³-hybridized carbons (Fsp3) is 0.400. The summed E-state index contributed by atoms with van der Waals surface area (Å²) in [5.74, 6) is 1.95. The first-order valence-electron chi connectivity index (χ1n) is 9.88. The highest BCUT2D eigenvalue weighted by Gasteiger charge is 2.31. The van der Waals surface area contributed by atoms with Crippen molar-refractivity contribution in [2.24, 2.45) is 0 Å². The van der Waals surface area contributed by atoms with Crippen molar-refractivity contribution in [3.8, 4) is 11.5 Å². The van der Waals surface area contributed by atoms with Gasteiger partial charge in [-0.1, -0.05) is 23.9 Å². The molecule has 156 valence electrons. The smallest absolute Gasteiger partial charge is 0.233 e. The lowest BCUT2D eigenvalue weighted by Crippen LogP contribution is -2.32. The van der Waals surface area contributed by atoms with Crippen LogP contribution >= 0.6 is 23.1 Å². The Kier molecular flexibility index (Phi) is 5.58. The molecule has 1 saturated heterocycles. The number of benzene rings is 1. The zero-order valence-electron chi connectivity index (χ0n) is 16.3. The van der Waals surface area contributed by atoms with E-state index in [-0.39, 0.29) is 11.9 Å². The van der Waals surface area contributed by atoms with Crippen molar-refractivity contribution >= 4 is 29.0 Å². The zero-order valence-corrected chi connectivity index (χ0v) is 17.9. The molecule has 2 aliphatic rings. The van der Waals surface area contributed by atoms with Crippen LogP contribution in [-0.4, -0.2) is 56.5 Å². The van der Waals surface area contributed by atoms with Crippen molar-refractivity contribution < 1.29 is 14.3 Å². The number of thioether (sulfide) groups is 1. The first kappa shape index (κ1) is 19.4. The average molecular weight is 444 g/mol. The van der Waals surface area contributed by atoms with Crippen LogP contribution in [0.1, 0.15) is 29.3 Å². The van der Waals surface area contributed by atoms with Crippen LogP contribution in [0.15, 0.2) is 40.9 Å². The van der Waals surface area contributed by atoms with E-state index in [0.717, 1.165) is 36.4 Å². The van der Waals surface area contributed by atoms with Gasteiger partial charge in [-0.3, -0.25) is 4.79 Å². The first-order chi connectivity index (χ1) is 14.8. The maximum absolute atomic E-state index is 13.0. The van der Waals surface area contributed by atoms with Crippen LogP contribution in [0.25, 0.3) is 0 Å². The summed E-state index contributed by atoms with van der Waals surface area (Å²) in [6.07, 6.45) is 1.94. The molecule has 1 amide bonds. The molecule has 1 unspecified atom stereocenters. The Hall–Kier alpha value is -2.59. The number of carbonyl (C=O) groups is 1. The standard InChI is InChI=1S/C20H21N5O3S2/c26-19(13-30-20-21-22-23-25(20)12-15-3-2-10-29-15)24-7-1-4-16(24)14-5-6-17-18(11-14)28-9-8-27-17/h2-3,5-6,10-11,16H,1,4,7-9,12-13H2. The Balaban J connectivity index is 1.25. The van der Waals surface area contributed by atoms with Gasteiger partial charge in [0.25, 0.3) is 0 Å². The second-order valence-electron chi connectivity index (χ2n) is 7.14. The van der Waals surface area contributed by atoms with Crippen molar-refractivity contribution in [2.45, 2.75) is 30.6 Å². The molecule has 3 aromatic rings. The van der Waals surface area contributed by atoms with E-state index in [1.807, 2.05) is 40.6 Å². The van der Waals surface area contributed by atoms with Gasteiger partial charge in [0.15, 0.2) is 11.5 Å². The van der Waals surface area contributed by atoms with Crippen LogP contribution in [0.4, 0.5) is 0 Å². The average Bonchev–Trinajstić information content (AvgIpc) is 3.54. The highest BCUT2D eigenvalue weighted by atomic mass is 32.2. The number of hydrogen-bond acceptors (Lipinski definition) is 8. The zero-order chi connectivity index (χ0) is 20.3. The molecule has 4 heterocycles. The van der Waals surface area contributed by atoms with E-state index >= 15 is 0 Å². The number of aromatic nitrogens is 4. The highest BCUT2D eigenvalue weighted by molar-refractivity contribution is 7.99. The van der Waals surface area contributed by atoms with E-state index in [9.17, 15) is 4.79 Å². The third-order valence-electron chi connectivity index (χ3n) is 5.23. The fourth-order valence-corrected chi connectivity index (χ4v) is 5.29. The van der Waals surface area contributed by atoms with Crippen LogP contribution in [0.2, 0.25) is 0 Å². The van der Waals surface area contributed by atoms with Crippen molar-refractivity contribution in [3.05, 3.63) is 46.2 Å².